The van der Waals surface area contributed by atoms with Crippen molar-refractivity contribution < 1.29 is 95.8 Å². The summed E-state index contributed by atoms with van der Waals surface area (Å²) in [4.78, 5) is 154. The highest BCUT2D eigenvalue weighted by Gasteiger charge is 2.38. The molecule has 0 spiro atoms. The van der Waals surface area contributed by atoms with Crippen molar-refractivity contribution in [3.8, 4) is 0 Å². The topological polar surface area (TPSA) is 290 Å². The number of carboxylic acid groups (broad SMARTS) is 1. The minimum absolute atomic E-state index is 0.0998. The summed E-state index contributed by atoms with van der Waals surface area (Å²) < 4.78 is 40.6. The fourth-order valence-corrected chi connectivity index (χ4v) is 10.4. The van der Waals surface area contributed by atoms with Gasteiger partial charge in [0.15, 0.2) is 0 Å². The van der Waals surface area contributed by atoms with E-state index in [1.54, 1.807) is 13.8 Å². The van der Waals surface area contributed by atoms with Crippen LogP contribution >= 0.6 is 0 Å². The Hall–Kier alpha value is -5.56. The number of aliphatic carboxylic acids is 1. The van der Waals surface area contributed by atoms with Gasteiger partial charge in [-0.25, -0.2) is 0 Å². The molecule has 9 unspecified atom stereocenters. The highest BCUT2D eigenvalue weighted by atomic mass is 16.6. The molecule has 0 bridgehead atoms. The molecule has 0 saturated heterocycles. The van der Waals surface area contributed by atoms with Gasteiger partial charge in [0, 0.05) is 38.5 Å². The summed E-state index contributed by atoms with van der Waals surface area (Å²) in [6.07, 6.45) is 1.54. The SMILES string of the molecule is CC(=O)C(CCC(=O)OC1CCCCCC(OC(=O)CCC(C(C)=O)C(=O)OC2CC(OC(=O)C(CCC(=O)OC3CCCC(OC(=O)CC(C)(C)C)CCC3)C(C)=O)CCCC(OC(=O)C(C(C)=O)C(C)C)C2)C1)C(=O)O. The molecule has 3 aliphatic carbocycles. The predicted molar refractivity (Wildman–Crippen MR) is 279 cm³/mol. The normalized spacial score (nSPS) is 23.9. The summed E-state index contributed by atoms with van der Waals surface area (Å²) in [5.41, 5.74) is -0.189. The lowest BCUT2D eigenvalue weighted by atomic mass is 9.91. The van der Waals surface area contributed by atoms with Crippen molar-refractivity contribution in [1.29, 1.82) is 0 Å². The molecule has 0 aromatic carbocycles. The van der Waals surface area contributed by atoms with Crippen LogP contribution in [0.15, 0.2) is 0 Å². The second-order valence-corrected chi connectivity index (χ2v) is 23.3. The van der Waals surface area contributed by atoms with Crippen LogP contribution < -0.4 is 0 Å². The number of carbonyl (C=O) groups excluding carboxylic acids is 11. The summed E-state index contributed by atoms with van der Waals surface area (Å²) in [6, 6.07) is 0. The Morgan fingerprint density at radius 2 is 0.718 bits per heavy atom. The number of hydrogen-bond acceptors (Lipinski definition) is 19. The van der Waals surface area contributed by atoms with E-state index in [0.29, 0.717) is 70.6 Å². The zero-order valence-electron chi connectivity index (χ0n) is 47.6. The van der Waals surface area contributed by atoms with Crippen molar-refractivity contribution in [3.05, 3.63) is 0 Å². The summed E-state index contributed by atoms with van der Waals surface area (Å²) in [7, 11) is 0. The lowest BCUT2D eigenvalue weighted by Crippen LogP contribution is -2.39. The maximum Gasteiger partial charge on any atom is 0.317 e. The summed E-state index contributed by atoms with van der Waals surface area (Å²) >= 11 is 0. The number of ketones is 4. The van der Waals surface area contributed by atoms with Gasteiger partial charge in [-0.2, -0.15) is 0 Å². The van der Waals surface area contributed by atoms with E-state index in [9.17, 15) is 62.6 Å². The van der Waals surface area contributed by atoms with E-state index in [0.717, 1.165) is 19.8 Å². The first kappa shape index (κ1) is 66.7. The number of hydrogen-bond donors (Lipinski definition) is 1. The molecule has 9 atom stereocenters. The minimum atomic E-state index is -1.44. The van der Waals surface area contributed by atoms with Crippen molar-refractivity contribution in [2.24, 2.45) is 35.0 Å². The van der Waals surface area contributed by atoms with Crippen molar-refractivity contribution in [2.45, 2.75) is 259 Å². The van der Waals surface area contributed by atoms with Crippen LogP contribution in [0.1, 0.15) is 216 Å². The second-order valence-electron chi connectivity index (χ2n) is 23.3. The van der Waals surface area contributed by atoms with Crippen LogP contribution in [0, 0.1) is 35.0 Å². The van der Waals surface area contributed by atoms with Crippen LogP contribution in [-0.4, -0.2) is 119 Å². The average molecular weight is 1110 g/mol. The van der Waals surface area contributed by atoms with Crippen LogP contribution in [0.25, 0.3) is 0 Å². The molecule has 3 fully saturated rings. The third-order valence-electron chi connectivity index (χ3n) is 14.6. The minimum Gasteiger partial charge on any atom is -0.481 e. The Morgan fingerprint density at radius 1 is 0.397 bits per heavy atom. The number of ether oxygens (including phenoxy) is 7. The summed E-state index contributed by atoms with van der Waals surface area (Å²) in [5.74, 6) is -13.8. The molecule has 0 amide bonds. The van der Waals surface area contributed by atoms with E-state index < -0.39 is 113 Å². The van der Waals surface area contributed by atoms with Crippen LogP contribution in [0.5, 0.6) is 0 Å². The summed E-state index contributed by atoms with van der Waals surface area (Å²) in [6.45, 7) is 14.2. The molecule has 440 valence electrons. The maximum atomic E-state index is 14.0. The third-order valence-corrected chi connectivity index (χ3v) is 14.6. The number of Topliss-reactive ketones (excluding diaryl/α,β-unsaturated/α-hetero) is 4. The Kier molecular flexibility index (Phi) is 28.3. The van der Waals surface area contributed by atoms with Crippen LogP contribution in [0.4, 0.5) is 0 Å². The van der Waals surface area contributed by atoms with E-state index in [2.05, 4.69) is 0 Å². The Bertz CT molecular complexity index is 2060. The molecule has 0 radical (unpaired) electrons. The lowest BCUT2D eigenvalue weighted by molar-refractivity contribution is -0.168. The first-order valence-corrected chi connectivity index (χ1v) is 28.3. The number of carboxylic acids is 1. The Morgan fingerprint density at radius 3 is 1.09 bits per heavy atom. The van der Waals surface area contributed by atoms with Gasteiger partial charge in [0.05, 0.1) is 6.42 Å². The van der Waals surface area contributed by atoms with Gasteiger partial charge < -0.3 is 38.3 Å². The number of carbonyl (C=O) groups is 12. The van der Waals surface area contributed by atoms with Gasteiger partial charge in [-0.05, 0) is 142 Å². The van der Waals surface area contributed by atoms with Crippen LogP contribution in [-0.2, 0) is 90.7 Å². The van der Waals surface area contributed by atoms with Gasteiger partial charge in [-0.3, -0.25) is 57.5 Å². The number of rotatable bonds is 26. The predicted octanol–water partition coefficient (Wildman–Crippen LogP) is 8.38. The van der Waals surface area contributed by atoms with Gasteiger partial charge in [-0.1, -0.05) is 41.0 Å². The van der Waals surface area contributed by atoms with E-state index in [1.807, 2.05) is 20.8 Å². The van der Waals surface area contributed by atoms with Gasteiger partial charge in [0.1, 0.15) is 89.5 Å². The van der Waals surface area contributed by atoms with Crippen LogP contribution in [0.2, 0.25) is 0 Å². The van der Waals surface area contributed by atoms with Crippen molar-refractivity contribution in [2.75, 3.05) is 0 Å². The summed E-state index contributed by atoms with van der Waals surface area (Å²) in [5, 5.41) is 9.31. The maximum absolute atomic E-state index is 14.0. The molecule has 20 nitrogen and oxygen atoms in total. The zero-order chi connectivity index (χ0) is 58.3. The van der Waals surface area contributed by atoms with E-state index >= 15 is 0 Å². The Labute approximate surface area is 459 Å². The Balaban J connectivity index is 1.67. The van der Waals surface area contributed by atoms with Crippen molar-refractivity contribution >= 4 is 70.9 Å². The van der Waals surface area contributed by atoms with Gasteiger partial charge in [0.25, 0.3) is 0 Å². The molecule has 0 aromatic rings. The monoisotopic (exact) mass is 1100 g/mol. The van der Waals surface area contributed by atoms with Gasteiger partial charge in [-0.15, -0.1) is 0 Å². The van der Waals surface area contributed by atoms with Crippen molar-refractivity contribution in [3.63, 3.8) is 0 Å². The molecule has 78 heavy (non-hydrogen) atoms. The number of esters is 7. The molecule has 1 N–H and O–H groups in total. The molecular weight excluding hydrogens is 1020 g/mol. The first-order chi connectivity index (χ1) is 36.6. The molecule has 20 heteroatoms. The molecule has 0 heterocycles. The highest BCUT2D eigenvalue weighted by molar-refractivity contribution is 5.99. The molecular formula is C58H88O20. The highest BCUT2D eigenvalue weighted by Crippen LogP contribution is 2.31. The molecule has 3 saturated carbocycles. The first-order valence-electron chi connectivity index (χ1n) is 28.3. The fraction of sp³-hybridized carbons (Fsp3) is 0.793. The molecule has 0 aromatic heterocycles. The smallest absolute Gasteiger partial charge is 0.317 e. The quantitative estimate of drug-likeness (QED) is 0.0483. The molecule has 3 aliphatic rings. The van der Waals surface area contributed by atoms with Gasteiger partial charge >= 0.3 is 47.8 Å². The van der Waals surface area contributed by atoms with Crippen molar-refractivity contribution in [1.82, 2.24) is 0 Å². The lowest BCUT2D eigenvalue weighted by Gasteiger charge is -2.32. The molecule has 0 aliphatic heterocycles. The van der Waals surface area contributed by atoms with Crippen LogP contribution in [0.3, 0.4) is 0 Å². The van der Waals surface area contributed by atoms with E-state index in [-0.39, 0.29) is 106 Å². The molecule has 3 rings (SSSR count). The third kappa shape index (κ3) is 25.1. The largest absolute Gasteiger partial charge is 0.481 e. The standard InChI is InChI=1S/C58H88O20/c1-34(2)53(38(6)62)57(71)77-44-23-15-22-43(76-55(69)47(36(4)60)25-28-49(63)72-39-18-13-20-40(21-14-19-39)73-52(66)33-58(7,8)9)31-45(32-44)78-56(70)48(37(5)61)26-29-51(65)75-42-17-12-10-11-16-41(30-42)74-50(64)27-24-46(35(3)59)54(67)68/h34,39-48,53H,10-33H2,1-9H3,(H,67,68). The van der Waals surface area contributed by atoms with E-state index in [4.69, 9.17) is 33.2 Å². The van der Waals surface area contributed by atoms with E-state index in [1.165, 1.54) is 20.8 Å². The fourth-order valence-electron chi connectivity index (χ4n) is 10.4. The van der Waals surface area contributed by atoms with Gasteiger partial charge in [0.2, 0.25) is 0 Å². The zero-order valence-corrected chi connectivity index (χ0v) is 47.6. The second kappa shape index (κ2) is 33.1. The average Bonchev–Trinajstić information content (AvgIpc) is 3.27.